The van der Waals surface area contributed by atoms with Crippen molar-refractivity contribution in [2.24, 2.45) is 0 Å². The van der Waals surface area contributed by atoms with Crippen molar-refractivity contribution in [3.63, 3.8) is 0 Å². The first-order valence-electron chi connectivity index (χ1n) is 5.45. The second-order valence-corrected chi connectivity index (χ2v) is 7.14. The fourth-order valence-corrected chi connectivity index (χ4v) is 2.83. The van der Waals surface area contributed by atoms with Crippen LogP contribution in [0.15, 0.2) is 17.8 Å². The smallest absolute Gasteiger partial charge is 0.151 e. The van der Waals surface area contributed by atoms with Crippen molar-refractivity contribution in [2.75, 3.05) is 17.2 Å². The van der Waals surface area contributed by atoms with Gasteiger partial charge in [0.15, 0.2) is 9.84 Å². The molecule has 0 aromatic carbocycles. The zero-order chi connectivity index (χ0) is 13.2. The molecule has 0 radical (unpaired) electrons. The Morgan fingerprint density at radius 1 is 1.50 bits per heavy atom. The summed E-state index contributed by atoms with van der Waals surface area (Å²) in [6.45, 7) is 1.94. The Morgan fingerprint density at radius 3 is 2.89 bits per heavy atom. The number of nitrogen functional groups attached to an aromatic ring is 1. The molecule has 6 nitrogen and oxygen atoms in total. The third kappa shape index (κ3) is 2.88. The molecule has 0 fully saturated rings. The first-order chi connectivity index (χ1) is 8.52. The van der Waals surface area contributed by atoms with E-state index in [1.807, 2.05) is 5.38 Å². The zero-order valence-corrected chi connectivity index (χ0v) is 11.5. The van der Waals surface area contributed by atoms with Crippen molar-refractivity contribution in [3.05, 3.63) is 17.8 Å². The van der Waals surface area contributed by atoms with E-state index in [1.54, 1.807) is 24.0 Å². The van der Waals surface area contributed by atoms with Crippen molar-refractivity contribution in [1.29, 1.82) is 0 Å². The fourth-order valence-electron chi connectivity index (χ4n) is 1.43. The molecule has 0 spiro atoms. The van der Waals surface area contributed by atoms with Crippen LogP contribution >= 0.6 is 11.3 Å². The molecule has 0 atom stereocenters. The van der Waals surface area contributed by atoms with Gasteiger partial charge in [0.25, 0.3) is 0 Å². The van der Waals surface area contributed by atoms with Gasteiger partial charge in [0, 0.05) is 23.5 Å². The molecule has 2 rings (SSSR count). The Balaban J connectivity index is 2.15. The van der Waals surface area contributed by atoms with Crippen molar-refractivity contribution in [1.82, 2.24) is 14.8 Å². The van der Waals surface area contributed by atoms with E-state index in [1.165, 1.54) is 11.3 Å². The van der Waals surface area contributed by atoms with Gasteiger partial charge in [-0.3, -0.25) is 4.68 Å². The standard InChI is InChI=1S/C10H14N4O2S2/c1-2-18(15,16)6-4-14-7-8(11)9(13-14)10-12-3-5-17-10/h3,5,7H,2,4,6,11H2,1H3. The monoisotopic (exact) mass is 286 g/mol. The maximum atomic E-state index is 11.4. The highest BCUT2D eigenvalue weighted by atomic mass is 32.2. The summed E-state index contributed by atoms with van der Waals surface area (Å²) in [4.78, 5) is 4.13. The Labute approximate surface area is 109 Å². The van der Waals surface area contributed by atoms with Crippen molar-refractivity contribution < 1.29 is 8.42 Å². The van der Waals surface area contributed by atoms with E-state index in [0.29, 0.717) is 17.9 Å². The first-order valence-corrected chi connectivity index (χ1v) is 8.15. The molecular formula is C10H14N4O2S2. The fraction of sp³-hybridized carbons (Fsp3) is 0.400. The summed E-state index contributed by atoms with van der Waals surface area (Å²) < 4.78 is 24.4. The molecule has 0 aliphatic rings. The molecule has 2 N–H and O–H groups in total. The summed E-state index contributed by atoms with van der Waals surface area (Å²) >= 11 is 1.45. The van der Waals surface area contributed by atoms with Gasteiger partial charge in [0.05, 0.1) is 18.0 Å². The SMILES string of the molecule is CCS(=O)(=O)CCn1cc(N)c(-c2nccs2)n1. The third-order valence-corrected chi connectivity index (χ3v) is 4.96. The van der Waals surface area contributed by atoms with E-state index in [4.69, 9.17) is 5.73 Å². The van der Waals surface area contributed by atoms with Crippen LogP contribution in [0, 0.1) is 0 Å². The molecule has 0 aliphatic carbocycles. The van der Waals surface area contributed by atoms with Crippen LogP contribution in [0.2, 0.25) is 0 Å². The molecule has 0 saturated carbocycles. The predicted octanol–water partition coefficient (Wildman–Crippen LogP) is 1.02. The Hall–Kier alpha value is -1.41. The van der Waals surface area contributed by atoms with E-state index in [2.05, 4.69) is 10.1 Å². The molecule has 0 saturated heterocycles. The van der Waals surface area contributed by atoms with Gasteiger partial charge < -0.3 is 5.73 Å². The van der Waals surface area contributed by atoms with Crippen LogP contribution < -0.4 is 5.73 Å². The number of sulfone groups is 1. The molecule has 18 heavy (non-hydrogen) atoms. The van der Waals surface area contributed by atoms with E-state index in [-0.39, 0.29) is 11.5 Å². The van der Waals surface area contributed by atoms with E-state index < -0.39 is 9.84 Å². The number of anilines is 1. The second kappa shape index (κ2) is 5.07. The van der Waals surface area contributed by atoms with Crippen LogP contribution in [0.25, 0.3) is 10.7 Å². The molecular weight excluding hydrogens is 272 g/mol. The summed E-state index contributed by atoms with van der Waals surface area (Å²) in [5.74, 6) is 0.213. The Bertz CT molecular complexity index is 616. The average molecular weight is 286 g/mol. The summed E-state index contributed by atoms with van der Waals surface area (Å²) in [6, 6.07) is 0. The molecule has 2 aromatic rings. The van der Waals surface area contributed by atoms with Crippen LogP contribution in [-0.2, 0) is 16.4 Å². The molecule has 8 heteroatoms. The Morgan fingerprint density at radius 2 is 2.28 bits per heavy atom. The maximum Gasteiger partial charge on any atom is 0.151 e. The molecule has 2 heterocycles. The highest BCUT2D eigenvalue weighted by molar-refractivity contribution is 7.91. The number of aromatic nitrogens is 3. The predicted molar refractivity (Wildman–Crippen MR) is 72.1 cm³/mol. The van der Waals surface area contributed by atoms with Crippen LogP contribution in [0.3, 0.4) is 0 Å². The maximum absolute atomic E-state index is 11.4. The normalized spacial score (nSPS) is 11.8. The lowest BCUT2D eigenvalue weighted by molar-refractivity contribution is 0.582. The van der Waals surface area contributed by atoms with Crippen LogP contribution in [0.5, 0.6) is 0 Å². The quantitative estimate of drug-likeness (QED) is 0.886. The minimum absolute atomic E-state index is 0.0714. The van der Waals surface area contributed by atoms with Gasteiger partial charge in [-0.2, -0.15) is 5.10 Å². The van der Waals surface area contributed by atoms with Gasteiger partial charge >= 0.3 is 0 Å². The van der Waals surface area contributed by atoms with Gasteiger partial charge in [0.2, 0.25) is 0 Å². The molecule has 98 valence electrons. The van der Waals surface area contributed by atoms with E-state index in [0.717, 1.165) is 5.01 Å². The summed E-state index contributed by atoms with van der Waals surface area (Å²) in [6.07, 6.45) is 3.32. The topological polar surface area (TPSA) is 90.9 Å². The number of nitrogens with two attached hydrogens (primary N) is 1. The van der Waals surface area contributed by atoms with Crippen molar-refractivity contribution >= 4 is 26.9 Å². The van der Waals surface area contributed by atoms with E-state index in [9.17, 15) is 8.42 Å². The summed E-state index contributed by atoms with van der Waals surface area (Å²) in [5.41, 5.74) is 6.96. The highest BCUT2D eigenvalue weighted by Gasteiger charge is 2.13. The largest absolute Gasteiger partial charge is 0.396 e. The Kier molecular flexibility index (Phi) is 3.67. The summed E-state index contributed by atoms with van der Waals surface area (Å²) in [5, 5.41) is 6.85. The van der Waals surface area contributed by atoms with Crippen molar-refractivity contribution in [2.45, 2.75) is 13.5 Å². The van der Waals surface area contributed by atoms with Gasteiger partial charge in [-0.25, -0.2) is 13.4 Å². The van der Waals surface area contributed by atoms with Crippen molar-refractivity contribution in [3.8, 4) is 10.7 Å². The minimum Gasteiger partial charge on any atom is -0.396 e. The van der Waals surface area contributed by atoms with Crippen LogP contribution in [-0.4, -0.2) is 34.7 Å². The molecule has 0 amide bonds. The minimum atomic E-state index is -2.99. The van der Waals surface area contributed by atoms with Gasteiger partial charge in [-0.05, 0) is 0 Å². The molecule has 0 aliphatic heterocycles. The van der Waals surface area contributed by atoms with Crippen LogP contribution in [0.4, 0.5) is 5.69 Å². The lowest BCUT2D eigenvalue weighted by atomic mass is 10.4. The number of aryl methyl sites for hydroxylation is 1. The molecule has 0 bridgehead atoms. The lowest BCUT2D eigenvalue weighted by Crippen LogP contribution is -2.14. The average Bonchev–Trinajstić information content (AvgIpc) is 2.95. The number of rotatable bonds is 5. The number of nitrogens with zero attached hydrogens (tertiary/aromatic N) is 3. The first kappa shape index (κ1) is 13.0. The third-order valence-electron chi connectivity index (χ3n) is 2.50. The number of hydrogen-bond acceptors (Lipinski definition) is 6. The van der Waals surface area contributed by atoms with Gasteiger partial charge in [-0.1, -0.05) is 6.92 Å². The zero-order valence-electron chi connectivity index (χ0n) is 9.91. The van der Waals surface area contributed by atoms with Gasteiger partial charge in [-0.15, -0.1) is 11.3 Å². The van der Waals surface area contributed by atoms with Gasteiger partial charge in [0.1, 0.15) is 10.7 Å². The van der Waals surface area contributed by atoms with Crippen LogP contribution in [0.1, 0.15) is 6.92 Å². The highest BCUT2D eigenvalue weighted by Crippen LogP contribution is 2.25. The lowest BCUT2D eigenvalue weighted by Gasteiger charge is -2.01. The second-order valence-electron chi connectivity index (χ2n) is 3.77. The number of hydrogen-bond donors (Lipinski definition) is 1. The summed E-state index contributed by atoms with van der Waals surface area (Å²) in [7, 11) is -2.99. The molecule has 0 unspecified atom stereocenters. The number of thiazole rings is 1. The van der Waals surface area contributed by atoms with E-state index >= 15 is 0 Å². The molecule has 2 aromatic heterocycles.